The zero-order valence-corrected chi connectivity index (χ0v) is 9.97. The van der Waals surface area contributed by atoms with Crippen LogP contribution in [0, 0.1) is 0 Å². The molecule has 90 valence electrons. The lowest BCUT2D eigenvalue weighted by molar-refractivity contribution is 0.518. The lowest BCUT2D eigenvalue weighted by Crippen LogP contribution is -2.24. The Labute approximate surface area is 101 Å². The summed E-state index contributed by atoms with van der Waals surface area (Å²) < 4.78 is 5.10. The summed E-state index contributed by atoms with van der Waals surface area (Å²) in [6.07, 6.45) is 10.8. The van der Waals surface area contributed by atoms with Crippen LogP contribution in [-0.2, 0) is 6.42 Å². The Bertz CT molecular complexity index is 413. The van der Waals surface area contributed by atoms with E-state index in [1.54, 1.807) is 18.9 Å². The van der Waals surface area contributed by atoms with E-state index in [0.29, 0.717) is 0 Å². The van der Waals surface area contributed by atoms with Crippen LogP contribution >= 0.6 is 0 Å². The first-order valence-corrected chi connectivity index (χ1v) is 5.89. The first-order chi connectivity index (χ1) is 8.40. The van der Waals surface area contributed by atoms with Crippen LogP contribution < -0.4 is 5.32 Å². The fraction of sp³-hybridized carbons (Fsp3) is 0.385. The summed E-state index contributed by atoms with van der Waals surface area (Å²) in [6, 6.07) is 2.23. The summed E-state index contributed by atoms with van der Waals surface area (Å²) in [6.45, 7) is 3.14. The zero-order chi connectivity index (χ0) is 11.9. The molecule has 0 spiro atoms. The molecule has 1 atom stereocenters. The Balaban J connectivity index is 2.08. The molecular weight excluding hydrogens is 214 g/mol. The summed E-state index contributed by atoms with van der Waals surface area (Å²) >= 11 is 0. The summed E-state index contributed by atoms with van der Waals surface area (Å²) in [4.78, 5) is 8.14. The second-order valence-electron chi connectivity index (χ2n) is 4.01. The van der Waals surface area contributed by atoms with Gasteiger partial charge in [-0.3, -0.25) is 0 Å². The molecule has 2 aromatic heterocycles. The normalized spacial score (nSPS) is 12.5. The molecule has 0 aromatic carbocycles. The van der Waals surface area contributed by atoms with Crippen molar-refractivity contribution >= 4 is 0 Å². The molecule has 17 heavy (non-hydrogen) atoms. The van der Waals surface area contributed by atoms with Gasteiger partial charge in [-0.15, -0.1) is 0 Å². The molecule has 2 aromatic rings. The van der Waals surface area contributed by atoms with Gasteiger partial charge in [-0.05, 0) is 31.0 Å². The summed E-state index contributed by atoms with van der Waals surface area (Å²) in [5.74, 6) is 0. The molecule has 2 heterocycles. The van der Waals surface area contributed by atoms with Crippen molar-refractivity contribution in [2.24, 2.45) is 0 Å². The van der Waals surface area contributed by atoms with Crippen LogP contribution in [0.2, 0.25) is 0 Å². The molecule has 4 heteroatoms. The molecule has 0 aliphatic rings. The van der Waals surface area contributed by atoms with Crippen molar-refractivity contribution in [1.82, 2.24) is 15.3 Å². The van der Waals surface area contributed by atoms with Crippen molar-refractivity contribution in [3.63, 3.8) is 0 Å². The molecular formula is C13H17N3O. The second-order valence-corrected chi connectivity index (χ2v) is 4.01. The van der Waals surface area contributed by atoms with E-state index in [9.17, 15) is 0 Å². The van der Waals surface area contributed by atoms with E-state index in [0.717, 1.165) is 24.9 Å². The molecule has 0 aliphatic heterocycles. The van der Waals surface area contributed by atoms with Gasteiger partial charge in [0, 0.05) is 24.0 Å². The maximum atomic E-state index is 5.10. The fourth-order valence-electron chi connectivity index (χ4n) is 1.76. The van der Waals surface area contributed by atoms with Crippen molar-refractivity contribution in [1.29, 1.82) is 0 Å². The van der Waals surface area contributed by atoms with Crippen molar-refractivity contribution < 1.29 is 4.42 Å². The van der Waals surface area contributed by atoms with Gasteiger partial charge < -0.3 is 9.73 Å². The minimum atomic E-state index is 0.244. The van der Waals surface area contributed by atoms with Crippen LogP contribution in [0.1, 0.15) is 30.5 Å². The number of nitrogens with zero attached hydrogens (tertiary/aromatic N) is 2. The van der Waals surface area contributed by atoms with Gasteiger partial charge in [-0.1, -0.05) is 6.92 Å². The van der Waals surface area contributed by atoms with Crippen LogP contribution in [0.25, 0.3) is 0 Å². The van der Waals surface area contributed by atoms with E-state index in [1.165, 1.54) is 5.56 Å². The third kappa shape index (κ3) is 3.39. The molecule has 1 N–H and O–H groups in total. The Morgan fingerprint density at radius 2 is 2.18 bits per heavy atom. The third-order valence-electron chi connectivity index (χ3n) is 2.64. The molecule has 1 unspecified atom stereocenters. The van der Waals surface area contributed by atoms with Gasteiger partial charge in [0.1, 0.15) is 6.33 Å². The van der Waals surface area contributed by atoms with Gasteiger partial charge in [0.05, 0.1) is 12.5 Å². The quantitative estimate of drug-likeness (QED) is 0.829. The lowest BCUT2D eigenvalue weighted by Gasteiger charge is -2.17. The van der Waals surface area contributed by atoms with E-state index in [-0.39, 0.29) is 6.04 Å². The van der Waals surface area contributed by atoms with Gasteiger partial charge in [0.2, 0.25) is 0 Å². The highest BCUT2D eigenvalue weighted by Crippen LogP contribution is 2.17. The van der Waals surface area contributed by atoms with Gasteiger partial charge >= 0.3 is 0 Å². The topological polar surface area (TPSA) is 51.0 Å². The number of nitrogens with one attached hydrogen (secondary N) is 1. The zero-order valence-electron chi connectivity index (χ0n) is 9.97. The van der Waals surface area contributed by atoms with E-state index in [4.69, 9.17) is 4.42 Å². The smallest absolute Gasteiger partial charge is 0.115 e. The van der Waals surface area contributed by atoms with Gasteiger partial charge in [0.15, 0.2) is 0 Å². The van der Waals surface area contributed by atoms with Crippen molar-refractivity contribution in [2.45, 2.75) is 25.8 Å². The highest BCUT2D eigenvalue weighted by atomic mass is 16.3. The molecule has 0 aliphatic carbocycles. The summed E-state index contributed by atoms with van der Waals surface area (Å²) in [5, 5.41) is 3.50. The van der Waals surface area contributed by atoms with E-state index in [2.05, 4.69) is 22.2 Å². The average Bonchev–Trinajstić information content (AvgIpc) is 2.88. The first-order valence-electron chi connectivity index (χ1n) is 5.89. The fourth-order valence-corrected chi connectivity index (χ4v) is 1.76. The van der Waals surface area contributed by atoms with Gasteiger partial charge in [-0.25, -0.2) is 9.97 Å². The third-order valence-corrected chi connectivity index (χ3v) is 2.64. The predicted octanol–water partition coefficient (Wildman–Crippen LogP) is 2.35. The number of rotatable bonds is 6. The van der Waals surface area contributed by atoms with Crippen LogP contribution in [0.5, 0.6) is 0 Å². The largest absolute Gasteiger partial charge is 0.472 e. The van der Waals surface area contributed by atoms with E-state index in [1.807, 2.05) is 18.5 Å². The number of hydrogen-bond acceptors (Lipinski definition) is 4. The first kappa shape index (κ1) is 11.8. The summed E-state index contributed by atoms with van der Waals surface area (Å²) in [5.41, 5.74) is 2.30. The monoisotopic (exact) mass is 231 g/mol. The number of furan rings is 1. The van der Waals surface area contributed by atoms with Gasteiger partial charge in [0.25, 0.3) is 0 Å². The van der Waals surface area contributed by atoms with Crippen LogP contribution in [0.3, 0.4) is 0 Å². The SMILES string of the molecule is CCCNC(Cc1ccoc1)c1cncnc1. The molecule has 0 radical (unpaired) electrons. The Kier molecular flexibility index (Phi) is 4.27. The van der Waals surface area contributed by atoms with E-state index < -0.39 is 0 Å². The minimum Gasteiger partial charge on any atom is -0.472 e. The lowest BCUT2D eigenvalue weighted by atomic mass is 10.0. The minimum absolute atomic E-state index is 0.244. The van der Waals surface area contributed by atoms with Crippen LogP contribution in [0.15, 0.2) is 41.7 Å². The highest BCUT2D eigenvalue weighted by molar-refractivity contribution is 5.16. The van der Waals surface area contributed by atoms with Crippen molar-refractivity contribution in [3.05, 3.63) is 48.4 Å². The van der Waals surface area contributed by atoms with Crippen LogP contribution in [0.4, 0.5) is 0 Å². The molecule has 0 bridgehead atoms. The molecule has 0 amide bonds. The summed E-state index contributed by atoms with van der Waals surface area (Å²) in [7, 11) is 0. The molecule has 2 rings (SSSR count). The Morgan fingerprint density at radius 1 is 1.35 bits per heavy atom. The Morgan fingerprint density at radius 3 is 2.82 bits per heavy atom. The van der Waals surface area contributed by atoms with E-state index >= 15 is 0 Å². The van der Waals surface area contributed by atoms with Crippen LogP contribution in [-0.4, -0.2) is 16.5 Å². The maximum absolute atomic E-state index is 5.10. The standard InChI is InChI=1S/C13H17N3O/c1-2-4-16-13(6-11-3-5-17-9-11)12-7-14-10-15-8-12/h3,5,7-10,13,16H,2,4,6H2,1H3. The van der Waals surface area contributed by atoms with Gasteiger partial charge in [-0.2, -0.15) is 0 Å². The van der Waals surface area contributed by atoms with Crippen molar-refractivity contribution in [2.75, 3.05) is 6.54 Å². The predicted molar refractivity (Wildman–Crippen MR) is 65.5 cm³/mol. The average molecular weight is 231 g/mol. The molecule has 0 fully saturated rings. The molecule has 4 nitrogen and oxygen atoms in total. The highest BCUT2D eigenvalue weighted by Gasteiger charge is 2.12. The number of aromatic nitrogens is 2. The van der Waals surface area contributed by atoms with Crippen molar-refractivity contribution in [3.8, 4) is 0 Å². The molecule has 0 saturated carbocycles. The Hall–Kier alpha value is -1.68. The number of hydrogen-bond donors (Lipinski definition) is 1. The molecule has 0 saturated heterocycles. The maximum Gasteiger partial charge on any atom is 0.115 e. The second kappa shape index (κ2) is 6.15.